The van der Waals surface area contributed by atoms with E-state index in [9.17, 15) is 18.0 Å². The summed E-state index contributed by atoms with van der Waals surface area (Å²) < 4.78 is 22.5. The fourth-order valence-electron chi connectivity index (χ4n) is 1.87. The Kier molecular flexibility index (Phi) is 3.67. The first-order valence-electron chi connectivity index (χ1n) is 5.42. The molecule has 6 nitrogen and oxygen atoms in total. The molecule has 0 spiro atoms. The number of halogens is 1. The second-order valence-corrected chi connectivity index (χ2v) is 8.16. The van der Waals surface area contributed by atoms with Crippen LogP contribution in [0.1, 0.15) is 28.7 Å². The first-order valence-corrected chi connectivity index (χ1v) is 8.61. The maximum atomic E-state index is 11.8. The molecule has 1 unspecified atom stereocenters. The molecule has 1 fully saturated rings. The molecule has 1 aromatic heterocycles. The summed E-state index contributed by atoms with van der Waals surface area (Å²) in [5, 5.41) is -0.581. The Morgan fingerprint density at radius 2 is 2.16 bits per heavy atom. The lowest BCUT2D eigenvalue weighted by Crippen LogP contribution is -2.26. The van der Waals surface area contributed by atoms with Gasteiger partial charge in [0.1, 0.15) is 5.25 Å². The second-order valence-electron chi connectivity index (χ2n) is 4.27. The van der Waals surface area contributed by atoms with E-state index in [-0.39, 0.29) is 24.7 Å². The lowest BCUT2D eigenvalue weighted by molar-refractivity contribution is -0.117. The zero-order valence-electron chi connectivity index (χ0n) is 10.2. The molecule has 0 N–H and O–H groups in total. The molecule has 1 aliphatic heterocycles. The molecule has 1 aliphatic rings. The lowest BCUT2D eigenvalue weighted by Gasteiger charge is -2.11. The topological polar surface area (TPSA) is 84.4 Å². The van der Waals surface area contributed by atoms with Crippen molar-refractivity contribution in [1.82, 2.24) is 4.98 Å². The number of amides is 1. The van der Waals surface area contributed by atoms with Crippen molar-refractivity contribution >= 4 is 47.9 Å². The van der Waals surface area contributed by atoms with Gasteiger partial charge in [0.25, 0.3) is 0 Å². The van der Waals surface area contributed by atoms with E-state index in [0.29, 0.717) is 15.7 Å². The SMILES string of the molecule is CC(=O)c1sc(N2CC(S(=O)(=O)Cl)CC2=O)nc1C. The van der Waals surface area contributed by atoms with Crippen LogP contribution in [0.4, 0.5) is 5.13 Å². The van der Waals surface area contributed by atoms with Gasteiger partial charge in [-0.3, -0.25) is 14.5 Å². The number of aryl methyl sites for hydroxylation is 1. The van der Waals surface area contributed by atoms with Gasteiger partial charge in [-0.1, -0.05) is 11.3 Å². The number of Topliss-reactive ketones (excluding diaryl/α,β-unsaturated/α-hetero) is 1. The molecule has 0 aromatic carbocycles. The van der Waals surface area contributed by atoms with E-state index >= 15 is 0 Å². The number of rotatable bonds is 3. The van der Waals surface area contributed by atoms with Gasteiger partial charge in [0.05, 0.1) is 10.6 Å². The third-order valence-electron chi connectivity index (χ3n) is 2.82. The van der Waals surface area contributed by atoms with E-state index < -0.39 is 14.3 Å². The molecule has 0 saturated carbocycles. The quantitative estimate of drug-likeness (QED) is 0.619. The van der Waals surface area contributed by atoms with E-state index in [4.69, 9.17) is 10.7 Å². The Balaban J connectivity index is 2.31. The number of hydrogen-bond donors (Lipinski definition) is 0. The van der Waals surface area contributed by atoms with Crippen LogP contribution < -0.4 is 4.90 Å². The van der Waals surface area contributed by atoms with E-state index in [2.05, 4.69) is 4.98 Å². The monoisotopic (exact) mass is 322 g/mol. The molecule has 1 saturated heterocycles. The summed E-state index contributed by atoms with van der Waals surface area (Å²) in [6.07, 6.45) is -0.153. The van der Waals surface area contributed by atoms with Gasteiger partial charge in [0.15, 0.2) is 10.9 Å². The van der Waals surface area contributed by atoms with Crippen LogP contribution in [-0.4, -0.2) is 36.9 Å². The standard InChI is InChI=1S/C10H11ClN2O4S2/c1-5-9(6(2)14)18-10(12-5)13-4-7(3-8(13)15)19(11,16)17/h7H,3-4H2,1-2H3. The Bertz CT molecular complexity index is 652. The summed E-state index contributed by atoms with van der Waals surface area (Å²) in [4.78, 5) is 29.0. The Hall–Kier alpha value is -0.990. The Morgan fingerprint density at radius 3 is 2.58 bits per heavy atom. The first-order chi connectivity index (χ1) is 8.70. The maximum Gasteiger partial charge on any atom is 0.237 e. The molecule has 104 valence electrons. The van der Waals surface area contributed by atoms with Crippen molar-refractivity contribution in [3.05, 3.63) is 10.6 Å². The number of anilines is 1. The summed E-state index contributed by atoms with van der Waals surface area (Å²) in [7, 11) is 1.49. The van der Waals surface area contributed by atoms with Crippen LogP contribution in [0.15, 0.2) is 0 Å². The highest BCUT2D eigenvalue weighted by Crippen LogP contribution is 2.31. The third-order valence-corrected chi connectivity index (χ3v) is 5.97. The first kappa shape index (κ1) is 14.4. The van der Waals surface area contributed by atoms with Crippen molar-refractivity contribution < 1.29 is 18.0 Å². The molecule has 1 atom stereocenters. The number of carbonyl (C=O) groups is 2. The number of aromatic nitrogens is 1. The highest BCUT2D eigenvalue weighted by atomic mass is 35.7. The number of thiazole rings is 1. The highest BCUT2D eigenvalue weighted by Gasteiger charge is 2.39. The van der Waals surface area contributed by atoms with Gasteiger partial charge in [-0.2, -0.15) is 0 Å². The van der Waals surface area contributed by atoms with Gasteiger partial charge in [-0.25, -0.2) is 13.4 Å². The second kappa shape index (κ2) is 4.84. The summed E-state index contributed by atoms with van der Waals surface area (Å²) in [5.74, 6) is -0.479. The Morgan fingerprint density at radius 1 is 1.53 bits per heavy atom. The minimum Gasteiger partial charge on any atom is -0.294 e. The minimum absolute atomic E-state index is 0.0189. The fraction of sp³-hybridized carbons (Fsp3) is 0.500. The average Bonchev–Trinajstić information content (AvgIpc) is 2.80. The maximum absolute atomic E-state index is 11.8. The van der Waals surface area contributed by atoms with Crippen LogP contribution in [0.5, 0.6) is 0 Å². The molecular formula is C10H11ClN2O4S2. The van der Waals surface area contributed by atoms with Crippen molar-refractivity contribution in [3.8, 4) is 0 Å². The van der Waals surface area contributed by atoms with Gasteiger partial charge in [0.2, 0.25) is 15.0 Å². The zero-order valence-corrected chi connectivity index (χ0v) is 12.6. The molecule has 0 aliphatic carbocycles. The van der Waals surface area contributed by atoms with E-state index in [1.165, 1.54) is 11.8 Å². The van der Waals surface area contributed by atoms with Crippen molar-refractivity contribution in [2.45, 2.75) is 25.5 Å². The minimum atomic E-state index is -3.78. The molecule has 0 radical (unpaired) electrons. The van der Waals surface area contributed by atoms with Crippen molar-refractivity contribution in [1.29, 1.82) is 0 Å². The average molecular weight is 323 g/mol. The molecule has 9 heteroatoms. The van der Waals surface area contributed by atoms with E-state index in [1.54, 1.807) is 6.92 Å². The summed E-state index contributed by atoms with van der Waals surface area (Å²) in [5.41, 5.74) is 0.539. The number of carbonyl (C=O) groups excluding carboxylic acids is 2. The largest absolute Gasteiger partial charge is 0.294 e. The summed E-state index contributed by atoms with van der Waals surface area (Å²) in [6, 6.07) is 0. The zero-order chi connectivity index (χ0) is 14.4. The summed E-state index contributed by atoms with van der Waals surface area (Å²) >= 11 is 1.09. The molecule has 1 aromatic rings. The van der Waals surface area contributed by atoms with Gasteiger partial charge in [-0.05, 0) is 6.92 Å². The van der Waals surface area contributed by atoms with Crippen molar-refractivity contribution in [2.75, 3.05) is 11.4 Å². The predicted octanol–water partition coefficient (Wildman–Crippen LogP) is 1.33. The van der Waals surface area contributed by atoms with Crippen molar-refractivity contribution in [2.24, 2.45) is 0 Å². The molecule has 0 bridgehead atoms. The van der Waals surface area contributed by atoms with Crippen LogP contribution >= 0.6 is 22.0 Å². The van der Waals surface area contributed by atoms with Gasteiger partial charge in [0, 0.05) is 30.6 Å². The lowest BCUT2D eigenvalue weighted by atomic mass is 10.3. The van der Waals surface area contributed by atoms with Crippen LogP contribution in [0.3, 0.4) is 0 Å². The van der Waals surface area contributed by atoms with Crippen LogP contribution in [0, 0.1) is 6.92 Å². The molecule has 2 heterocycles. The number of hydrogen-bond acceptors (Lipinski definition) is 6. The van der Waals surface area contributed by atoms with E-state index in [0.717, 1.165) is 11.3 Å². The fourth-order valence-corrected chi connectivity index (χ4v) is 3.89. The smallest absolute Gasteiger partial charge is 0.237 e. The van der Waals surface area contributed by atoms with Crippen molar-refractivity contribution in [3.63, 3.8) is 0 Å². The van der Waals surface area contributed by atoms with E-state index in [1.807, 2.05) is 0 Å². The van der Waals surface area contributed by atoms with Crippen LogP contribution in [0.25, 0.3) is 0 Å². The molecule has 1 amide bonds. The molecular weight excluding hydrogens is 312 g/mol. The highest BCUT2D eigenvalue weighted by molar-refractivity contribution is 8.14. The number of nitrogens with zero attached hydrogens (tertiary/aromatic N) is 2. The van der Waals surface area contributed by atoms with Gasteiger partial charge < -0.3 is 0 Å². The van der Waals surface area contributed by atoms with Crippen LogP contribution in [-0.2, 0) is 13.8 Å². The Labute approximate surface area is 118 Å². The van der Waals surface area contributed by atoms with Crippen LogP contribution in [0.2, 0.25) is 0 Å². The van der Waals surface area contributed by atoms with Gasteiger partial charge in [-0.15, -0.1) is 0 Å². The molecule has 2 rings (SSSR count). The molecule has 19 heavy (non-hydrogen) atoms. The summed E-state index contributed by atoms with van der Waals surface area (Å²) in [6.45, 7) is 3.07. The van der Waals surface area contributed by atoms with Gasteiger partial charge >= 0.3 is 0 Å². The predicted molar refractivity (Wildman–Crippen MR) is 72.4 cm³/mol. The third kappa shape index (κ3) is 2.80. The number of ketones is 1. The normalized spacial score (nSPS) is 20.1.